The van der Waals surface area contributed by atoms with Crippen molar-refractivity contribution in [3.05, 3.63) is 135 Å². The van der Waals surface area contributed by atoms with Gasteiger partial charge in [0.25, 0.3) is 0 Å². The van der Waals surface area contributed by atoms with Crippen LogP contribution in [-0.4, -0.2) is 6.36 Å². The van der Waals surface area contributed by atoms with E-state index in [2.05, 4.69) is 67.1 Å². The van der Waals surface area contributed by atoms with Crippen LogP contribution in [0.15, 0.2) is 72.8 Å². The molecule has 296 valence electrons. The zero-order chi connectivity index (χ0) is 40.6. The van der Waals surface area contributed by atoms with Gasteiger partial charge in [-0.25, -0.2) is 13.2 Å². The highest BCUT2D eigenvalue weighted by atomic mass is 19.4. The van der Waals surface area contributed by atoms with Crippen LogP contribution in [0.3, 0.4) is 0 Å². The number of rotatable bonds is 1. The van der Waals surface area contributed by atoms with Crippen molar-refractivity contribution in [1.82, 2.24) is 0 Å². The average molecular weight is 747 g/mol. The summed E-state index contributed by atoms with van der Waals surface area (Å²) in [6, 6.07) is 20.7. The Morgan fingerprint density at radius 2 is 0.755 bits per heavy atom. The van der Waals surface area contributed by atoms with Gasteiger partial charge in [0.2, 0.25) is 0 Å². The number of aryl methyl sites for hydroxylation is 4. The number of hydrogen-bond acceptors (Lipinski definition) is 1. The monoisotopic (exact) mass is 746 g/mol. The lowest BCUT2D eigenvalue weighted by molar-refractivity contribution is -0.274. The molecule has 0 aliphatic heterocycles. The van der Waals surface area contributed by atoms with E-state index >= 15 is 0 Å². The highest BCUT2D eigenvalue weighted by molar-refractivity contribution is 5.39. The summed E-state index contributed by atoms with van der Waals surface area (Å²) in [5.41, 5.74) is 7.04. The molecule has 0 radical (unpaired) electrons. The van der Waals surface area contributed by atoms with Gasteiger partial charge in [-0.15, -0.1) is 13.2 Å². The summed E-state index contributed by atoms with van der Waals surface area (Å²) >= 11 is 0. The molecule has 1 nitrogen and oxygen atoms in total. The third-order valence-corrected chi connectivity index (χ3v) is 8.13. The van der Waals surface area contributed by atoms with Crippen LogP contribution in [0.4, 0.5) is 26.3 Å². The van der Waals surface area contributed by atoms with Gasteiger partial charge in [0.1, 0.15) is 23.2 Å². The quantitative estimate of drug-likeness (QED) is 0.176. The fraction of sp³-hybridized carbons (Fsp3) is 0.478. The van der Waals surface area contributed by atoms with Crippen molar-refractivity contribution >= 4 is 0 Å². The molecule has 0 aromatic heterocycles. The van der Waals surface area contributed by atoms with Crippen LogP contribution >= 0.6 is 0 Å². The molecule has 0 unspecified atom stereocenters. The molecule has 53 heavy (non-hydrogen) atoms. The minimum absolute atomic E-state index is 0. The maximum absolute atomic E-state index is 13.1. The van der Waals surface area contributed by atoms with Crippen molar-refractivity contribution in [3.8, 4) is 5.75 Å². The number of halogens is 6. The molecular formula is C46H64F6O. The summed E-state index contributed by atoms with van der Waals surface area (Å²) in [6.45, 7) is 31.8. The summed E-state index contributed by atoms with van der Waals surface area (Å²) in [4.78, 5) is 0. The van der Waals surface area contributed by atoms with Crippen molar-refractivity contribution < 1.29 is 31.1 Å². The number of hydrogen-bond donors (Lipinski definition) is 0. The second kappa shape index (κ2) is 19.0. The van der Waals surface area contributed by atoms with Crippen LogP contribution in [-0.2, 0) is 21.7 Å². The minimum Gasteiger partial charge on any atom is -0.406 e. The molecule has 0 amide bonds. The Morgan fingerprint density at radius 1 is 0.415 bits per heavy atom. The van der Waals surface area contributed by atoms with Gasteiger partial charge in [-0.2, -0.15) is 0 Å². The van der Waals surface area contributed by atoms with Gasteiger partial charge in [-0.1, -0.05) is 127 Å². The lowest BCUT2D eigenvalue weighted by Gasteiger charge is -2.21. The molecule has 0 saturated heterocycles. The molecule has 7 heteroatoms. The first-order valence-electron chi connectivity index (χ1n) is 17.5. The van der Waals surface area contributed by atoms with Crippen LogP contribution in [0.5, 0.6) is 5.75 Å². The van der Waals surface area contributed by atoms with Gasteiger partial charge in [-0.05, 0) is 130 Å². The SMILES string of the molecule is C.Cc1cc(F)cc(C(C)(C)C)c1.Cc1cc(F)cc(C(C)(C)C)c1.Cc1ccc(C(C)(C)C)cc1F.Cc1ccc(C(C)(C)C)cc1OC(F)(F)F. The van der Waals surface area contributed by atoms with E-state index in [4.69, 9.17) is 0 Å². The van der Waals surface area contributed by atoms with Crippen molar-refractivity contribution in [2.45, 2.75) is 146 Å². The molecule has 0 aliphatic carbocycles. The van der Waals surface area contributed by atoms with Gasteiger partial charge in [0, 0.05) is 0 Å². The highest BCUT2D eigenvalue weighted by Crippen LogP contribution is 2.32. The third kappa shape index (κ3) is 18.2. The van der Waals surface area contributed by atoms with Crippen molar-refractivity contribution in [2.75, 3.05) is 0 Å². The minimum atomic E-state index is -4.64. The maximum Gasteiger partial charge on any atom is 0.573 e. The van der Waals surface area contributed by atoms with E-state index in [9.17, 15) is 26.3 Å². The van der Waals surface area contributed by atoms with Gasteiger partial charge < -0.3 is 4.74 Å². The second-order valence-corrected chi connectivity index (χ2v) is 17.5. The summed E-state index contributed by atoms with van der Waals surface area (Å²) in [6.07, 6.45) is -4.64. The van der Waals surface area contributed by atoms with E-state index in [1.807, 2.05) is 65.0 Å². The van der Waals surface area contributed by atoms with Crippen molar-refractivity contribution in [3.63, 3.8) is 0 Å². The topological polar surface area (TPSA) is 9.23 Å². The Hall–Kier alpha value is -3.74. The fourth-order valence-corrected chi connectivity index (χ4v) is 4.70. The summed E-state index contributed by atoms with van der Waals surface area (Å²) in [5, 5.41) is 0. The van der Waals surface area contributed by atoms with E-state index < -0.39 is 6.36 Å². The molecule has 0 aliphatic rings. The van der Waals surface area contributed by atoms with Gasteiger partial charge in [-0.3, -0.25) is 0 Å². The first kappa shape index (κ1) is 49.3. The number of benzene rings is 4. The predicted molar refractivity (Wildman–Crippen MR) is 213 cm³/mol. The van der Waals surface area contributed by atoms with Crippen molar-refractivity contribution in [1.29, 1.82) is 0 Å². The lowest BCUT2D eigenvalue weighted by Crippen LogP contribution is -2.19. The Bertz CT molecular complexity index is 1640. The Labute approximate surface area is 317 Å². The fourth-order valence-electron chi connectivity index (χ4n) is 4.70. The Kier molecular flexibility index (Phi) is 17.7. The van der Waals surface area contributed by atoms with Crippen LogP contribution in [0.1, 0.15) is 135 Å². The molecule has 4 aromatic carbocycles. The summed E-state index contributed by atoms with van der Waals surface area (Å²) in [7, 11) is 0. The number of alkyl halides is 3. The van der Waals surface area contributed by atoms with Crippen LogP contribution < -0.4 is 4.74 Å². The predicted octanol–water partition coefficient (Wildman–Crippen LogP) is 15.1. The Morgan fingerprint density at radius 3 is 1.06 bits per heavy atom. The van der Waals surface area contributed by atoms with Crippen molar-refractivity contribution in [2.24, 2.45) is 0 Å². The van der Waals surface area contributed by atoms with E-state index in [1.165, 1.54) is 6.07 Å². The van der Waals surface area contributed by atoms with Gasteiger partial charge in [0.15, 0.2) is 0 Å². The zero-order valence-corrected chi connectivity index (χ0v) is 34.1. The second-order valence-electron chi connectivity index (χ2n) is 17.5. The molecule has 0 atom stereocenters. The Balaban J connectivity index is 0.000000681. The van der Waals surface area contributed by atoms with E-state index in [-0.39, 0.29) is 52.3 Å². The molecule has 4 aromatic rings. The summed E-state index contributed by atoms with van der Waals surface area (Å²) < 4.78 is 79.4. The largest absolute Gasteiger partial charge is 0.573 e. The molecule has 0 saturated carbocycles. The first-order chi connectivity index (χ1) is 23.3. The van der Waals surface area contributed by atoms with E-state index in [1.54, 1.807) is 50.2 Å². The normalized spacial score (nSPS) is 11.8. The smallest absolute Gasteiger partial charge is 0.406 e. The zero-order valence-electron chi connectivity index (χ0n) is 34.1. The van der Waals surface area contributed by atoms with Crippen LogP contribution in [0.2, 0.25) is 0 Å². The molecule has 0 fully saturated rings. The lowest BCUT2D eigenvalue weighted by atomic mass is 9.86. The van der Waals surface area contributed by atoms with Crippen LogP contribution in [0, 0.1) is 45.1 Å². The molecule has 4 rings (SSSR count). The van der Waals surface area contributed by atoms with Gasteiger partial charge in [0.05, 0.1) is 0 Å². The number of ether oxygens (including phenoxy) is 1. The molecule has 0 N–H and O–H groups in total. The highest BCUT2D eigenvalue weighted by Gasteiger charge is 2.32. The molecule has 0 bridgehead atoms. The third-order valence-electron chi connectivity index (χ3n) is 8.13. The summed E-state index contributed by atoms with van der Waals surface area (Å²) in [5.74, 6) is -0.512. The van der Waals surface area contributed by atoms with E-state index in [0.717, 1.165) is 33.4 Å². The average Bonchev–Trinajstić information content (AvgIpc) is 2.93. The standard InChI is InChI=1S/C12H15F3O.3C11H15F.CH4/c1-8-5-6-9(11(2,3)4)7-10(8)16-12(13,14)15;2*1-8-5-9(11(2,3)4)7-10(12)6-8;1-8-5-6-9(7-10(8)12)11(2,3)4;/h5-7H,1-4H3;3*5-7H,1-4H3;1H4. The van der Waals surface area contributed by atoms with Crippen LogP contribution in [0.25, 0.3) is 0 Å². The maximum atomic E-state index is 13.1. The first-order valence-corrected chi connectivity index (χ1v) is 17.5. The van der Waals surface area contributed by atoms with E-state index in [0.29, 0.717) is 11.1 Å². The van der Waals surface area contributed by atoms with Gasteiger partial charge >= 0.3 is 6.36 Å². The molecule has 0 spiro atoms. The molecular weight excluding hydrogens is 682 g/mol. The molecule has 0 heterocycles.